The Morgan fingerprint density at radius 2 is 1.91 bits per heavy atom. The number of hydrogen-bond donors (Lipinski definition) is 2. The molecule has 0 radical (unpaired) electrons. The summed E-state index contributed by atoms with van der Waals surface area (Å²) in [6.07, 6.45) is 0. The van der Waals surface area contributed by atoms with Crippen molar-refractivity contribution in [3.8, 4) is 0 Å². The highest BCUT2D eigenvalue weighted by molar-refractivity contribution is 9.10. The van der Waals surface area contributed by atoms with Crippen molar-refractivity contribution in [3.05, 3.63) is 50.3 Å². The van der Waals surface area contributed by atoms with Crippen molar-refractivity contribution in [2.24, 2.45) is 5.73 Å². The molecule has 0 spiro atoms. The third-order valence-electron chi connectivity index (χ3n) is 3.11. The van der Waals surface area contributed by atoms with E-state index in [1.165, 1.54) is 7.11 Å². The Labute approximate surface area is 144 Å². The molecule has 0 atom stereocenters. The molecule has 0 saturated heterocycles. The van der Waals surface area contributed by atoms with Gasteiger partial charge in [0.15, 0.2) is 0 Å². The molecule has 2 aromatic rings. The first-order valence-electron chi connectivity index (χ1n) is 6.44. The van der Waals surface area contributed by atoms with Gasteiger partial charge in [0.1, 0.15) is 9.88 Å². The molecule has 0 aliphatic carbocycles. The molecule has 6 nitrogen and oxygen atoms in total. The first-order valence-corrected chi connectivity index (χ1v) is 8.05. The SMILES string of the molecule is COC(=O)c1sc(NC(=O)c2ccccc2Br)c(C(N)=O)c1C. The first kappa shape index (κ1) is 17.2. The summed E-state index contributed by atoms with van der Waals surface area (Å²) in [5, 5.41) is 2.85. The largest absolute Gasteiger partial charge is 0.465 e. The number of rotatable bonds is 4. The molecule has 1 aromatic carbocycles. The van der Waals surface area contributed by atoms with Gasteiger partial charge in [0.05, 0.1) is 18.2 Å². The Morgan fingerprint density at radius 3 is 2.48 bits per heavy atom. The third-order valence-corrected chi connectivity index (χ3v) is 4.99. The highest BCUT2D eigenvalue weighted by Gasteiger charge is 2.25. The molecule has 1 heterocycles. The Morgan fingerprint density at radius 1 is 1.26 bits per heavy atom. The molecule has 120 valence electrons. The molecule has 2 rings (SSSR count). The summed E-state index contributed by atoms with van der Waals surface area (Å²) in [4.78, 5) is 36.0. The summed E-state index contributed by atoms with van der Waals surface area (Å²) in [5.74, 6) is -1.73. The number of carbonyl (C=O) groups is 3. The van der Waals surface area contributed by atoms with Gasteiger partial charge in [-0.15, -0.1) is 11.3 Å². The van der Waals surface area contributed by atoms with E-state index in [-0.39, 0.29) is 15.4 Å². The normalized spacial score (nSPS) is 10.2. The van der Waals surface area contributed by atoms with Crippen LogP contribution in [0.15, 0.2) is 28.7 Å². The highest BCUT2D eigenvalue weighted by Crippen LogP contribution is 2.34. The van der Waals surface area contributed by atoms with Crippen molar-refractivity contribution in [2.45, 2.75) is 6.92 Å². The fourth-order valence-electron chi connectivity index (χ4n) is 2.00. The van der Waals surface area contributed by atoms with Gasteiger partial charge in [-0.05, 0) is 40.5 Å². The van der Waals surface area contributed by atoms with E-state index >= 15 is 0 Å². The van der Waals surface area contributed by atoms with Gasteiger partial charge in [-0.1, -0.05) is 12.1 Å². The summed E-state index contributed by atoms with van der Waals surface area (Å²) in [6.45, 7) is 1.58. The second kappa shape index (κ2) is 6.93. The van der Waals surface area contributed by atoms with Crippen LogP contribution in [0.1, 0.15) is 36.0 Å². The monoisotopic (exact) mass is 396 g/mol. The molecule has 0 bridgehead atoms. The number of ether oxygens (including phenoxy) is 1. The highest BCUT2D eigenvalue weighted by atomic mass is 79.9. The van der Waals surface area contributed by atoms with Gasteiger partial charge >= 0.3 is 5.97 Å². The van der Waals surface area contributed by atoms with E-state index in [2.05, 4.69) is 26.0 Å². The van der Waals surface area contributed by atoms with Crippen LogP contribution in [-0.2, 0) is 4.74 Å². The first-order chi connectivity index (χ1) is 10.9. The second-order valence-corrected chi connectivity index (χ2v) is 6.43. The van der Waals surface area contributed by atoms with Crippen LogP contribution < -0.4 is 11.1 Å². The third kappa shape index (κ3) is 3.43. The molecule has 0 aliphatic rings. The summed E-state index contributed by atoms with van der Waals surface area (Å²) in [7, 11) is 1.24. The van der Waals surface area contributed by atoms with Gasteiger partial charge in [0.2, 0.25) is 0 Å². The number of carbonyl (C=O) groups excluding carboxylic acids is 3. The van der Waals surface area contributed by atoms with E-state index in [4.69, 9.17) is 5.73 Å². The number of methoxy groups -OCH3 is 1. The lowest BCUT2D eigenvalue weighted by molar-refractivity contribution is 0.0605. The molecule has 2 amide bonds. The predicted molar refractivity (Wildman–Crippen MR) is 91.0 cm³/mol. The molecule has 0 unspecified atom stereocenters. The van der Waals surface area contributed by atoms with E-state index < -0.39 is 17.8 Å². The Kier molecular flexibility index (Phi) is 5.17. The smallest absolute Gasteiger partial charge is 0.348 e. The molecule has 23 heavy (non-hydrogen) atoms. The second-order valence-electron chi connectivity index (χ2n) is 4.55. The van der Waals surface area contributed by atoms with Gasteiger partial charge < -0.3 is 15.8 Å². The van der Waals surface area contributed by atoms with Crippen LogP contribution in [0.3, 0.4) is 0 Å². The minimum absolute atomic E-state index is 0.107. The van der Waals surface area contributed by atoms with Gasteiger partial charge in [-0.2, -0.15) is 0 Å². The molecule has 0 saturated carbocycles. The van der Waals surface area contributed by atoms with Crippen molar-refractivity contribution >= 4 is 50.1 Å². The zero-order chi connectivity index (χ0) is 17.1. The van der Waals surface area contributed by atoms with E-state index in [0.29, 0.717) is 15.6 Å². The van der Waals surface area contributed by atoms with Crippen LogP contribution in [0.5, 0.6) is 0 Å². The van der Waals surface area contributed by atoms with E-state index in [1.807, 2.05) is 0 Å². The summed E-state index contributed by atoms with van der Waals surface area (Å²) >= 11 is 4.24. The van der Waals surface area contributed by atoms with E-state index in [9.17, 15) is 14.4 Å². The average Bonchev–Trinajstić information content (AvgIpc) is 2.83. The van der Waals surface area contributed by atoms with Crippen molar-refractivity contribution in [1.82, 2.24) is 0 Å². The molecule has 0 fully saturated rings. The molecular formula is C15H13BrN2O4S. The number of esters is 1. The number of halogens is 1. The number of benzene rings is 1. The van der Waals surface area contributed by atoms with Crippen LogP contribution in [0.4, 0.5) is 5.00 Å². The van der Waals surface area contributed by atoms with Crippen LogP contribution in [0, 0.1) is 6.92 Å². The number of hydrogen-bond acceptors (Lipinski definition) is 5. The number of amides is 2. The number of anilines is 1. The van der Waals surface area contributed by atoms with Crippen LogP contribution in [0.25, 0.3) is 0 Å². The zero-order valence-electron chi connectivity index (χ0n) is 12.3. The fourth-order valence-corrected chi connectivity index (χ4v) is 3.59. The van der Waals surface area contributed by atoms with Gasteiger partial charge in [-0.3, -0.25) is 9.59 Å². The lowest BCUT2D eigenvalue weighted by atomic mass is 10.1. The quantitative estimate of drug-likeness (QED) is 0.775. The molecule has 1 aromatic heterocycles. The van der Waals surface area contributed by atoms with E-state index in [0.717, 1.165) is 11.3 Å². The molecule has 8 heteroatoms. The van der Waals surface area contributed by atoms with Crippen LogP contribution in [0.2, 0.25) is 0 Å². The van der Waals surface area contributed by atoms with Gasteiger partial charge in [0.25, 0.3) is 11.8 Å². The minimum Gasteiger partial charge on any atom is -0.465 e. The van der Waals surface area contributed by atoms with Crippen molar-refractivity contribution in [1.29, 1.82) is 0 Å². The average molecular weight is 397 g/mol. The molecule has 0 aliphatic heterocycles. The standard InChI is InChI=1S/C15H13BrN2O4S/c1-7-10(12(17)19)14(23-11(7)15(21)22-2)18-13(20)8-5-3-4-6-9(8)16/h3-6H,1-2H3,(H2,17,19)(H,18,20). The summed E-state index contributed by atoms with van der Waals surface area (Å²) in [6, 6.07) is 6.85. The minimum atomic E-state index is -0.726. The lowest BCUT2D eigenvalue weighted by Crippen LogP contribution is -2.17. The number of nitrogens with two attached hydrogens (primary N) is 1. The number of thiophene rings is 1. The van der Waals surface area contributed by atoms with Gasteiger partial charge in [-0.25, -0.2) is 4.79 Å². The summed E-state index contributed by atoms with van der Waals surface area (Å²) < 4.78 is 5.28. The van der Waals surface area contributed by atoms with Gasteiger partial charge in [0, 0.05) is 4.47 Å². The lowest BCUT2D eigenvalue weighted by Gasteiger charge is -2.06. The Hall–Kier alpha value is -2.19. The molecular weight excluding hydrogens is 384 g/mol. The van der Waals surface area contributed by atoms with Crippen molar-refractivity contribution in [2.75, 3.05) is 12.4 Å². The number of nitrogens with one attached hydrogen (secondary N) is 1. The van der Waals surface area contributed by atoms with Crippen molar-refractivity contribution in [3.63, 3.8) is 0 Å². The maximum Gasteiger partial charge on any atom is 0.348 e. The fraction of sp³-hybridized carbons (Fsp3) is 0.133. The topological polar surface area (TPSA) is 98.5 Å². The van der Waals surface area contributed by atoms with Crippen LogP contribution in [-0.4, -0.2) is 24.9 Å². The Bertz CT molecular complexity index is 801. The van der Waals surface area contributed by atoms with Crippen LogP contribution >= 0.6 is 27.3 Å². The predicted octanol–water partition coefficient (Wildman–Crippen LogP) is 2.96. The zero-order valence-corrected chi connectivity index (χ0v) is 14.7. The Balaban J connectivity index is 2.43. The van der Waals surface area contributed by atoms with E-state index in [1.54, 1.807) is 31.2 Å². The maximum atomic E-state index is 12.4. The molecule has 3 N–H and O–H groups in total. The number of primary amides is 1. The summed E-state index contributed by atoms with van der Waals surface area (Å²) in [5.41, 5.74) is 6.26. The maximum absolute atomic E-state index is 12.4. The van der Waals surface area contributed by atoms with Crippen molar-refractivity contribution < 1.29 is 19.1 Å².